The lowest BCUT2D eigenvalue weighted by Gasteiger charge is -2.32. The van der Waals surface area contributed by atoms with E-state index in [0.29, 0.717) is 5.88 Å². The molecule has 0 saturated carbocycles. The molecular formula is C15H27ClS2. The molecule has 0 amide bonds. The number of rotatable bonds is 7. The SMILES string of the molecule is C[SH](C)CCS(C)(C)CCc1ccc(CCl)cc1. The van der Waals surface area contributed by atoms with Gasteiger partial charge < -0.3 is 0 Å². The molecule has 0 aliphatic heterocycles. The van der Waals surface area contributed by atoms with Crippen LogP contribution in [0.4, 0.5) is 0 Å². The summed E-state index contributed by atoms with van der Waals surface area (Å²) in [5.74, 6) is 4.85. The van der Waals surface area contributed by atoms with E-state index in [-0.39, 0.29) is 10.9 Å². The molecule has 0 atom stereocenters. The summed E-state index contributed by atoms with van der Waals surface area (Å²) in [5, 5.41) is 0. The summed E-state index contributed by atoms with van der Waals surface area (Å²) in [5.41, 5.74) is 2.68. The van der Waals surface area contributed by atoms with Crippen LogP contribution < -0.4 is 0 Å². The fraction of sp³-hybridized carbons (Fsp3) is 0.600. The maximum atomic E-state index is 5.81. The van der Waals surface area contributed by atoms with E-state index in [1.165, 1.54) is 34.8 Å². The molecule has 0 N–H and O–H groups in total. The first-order valence-corrected chi connectivity index (χ1v) is 12.1. The van der Waals surface area contributed by atoms with Crippen LogP contribution in [0, 0.1) is 0 Å². The molecule has 0 unspecified atom stereocenters. The Morgan fingerprint density at radius 1 is 1.00 bits per heavy atom. The van der Waals surface area contributed by atoms with Crippen molar-refractivity contribution in [1.82, 2.24) is 0 Å². The fourth-order valence-corrected chi connectivity index (χ4v) is 6.33. The largest absolute Gasteiger partial charge is 0.258 e. The van der Waals surface area contributed by atoms with Gasteiger partial charge in [-0.1, -0.05) is 24.3 Å². The van der Waals surface area contributed by atoms with Crippen LogP contribution in [0.3, 0.4) is 0 Å². The average molecular weight is 307 g/mol. The van der Waals surface area contributed by atoms with Crippen molar-refractivity contribution in [3.05, 3.63) is 35.4 Å². The lowest BCUT2D eigenvalue weighted by atomic mass is 10.1. The topological polar surface area (TPSA) is 0 Å². The third kappa shape index (κ3) is 6.40. The van der Waals surface area contributed by atoms with Crippen molar-refractivity contribution in [1.29, 1.82) is 0 Å². The minimum absolute atomic E-state index is 0.270. The zero-order chi connectivity index (χ0) is 13.6. The molecule has 0 nitrogen and oxygen atoms in total. The van der Waals surface area contributed by atoms with Crippen molar-refractivity contribution in [3.63, 3.8) is 0 Å². The lowest BCUT2D eigenvalue weighted by Crippen LogP contribution is -2.11. The second-order valence-corrected chi connectivity index (χ2v) is 12.9. The molecule has 106 valence electrons. The standard InChI is InChI=1S/C15H27ClS2/c1-17(2)10-12-18(3,4)11-9-14-5-7-15(13-16)8-6-14/h5-8,17H,9-13H2,1-4H3. The molecule has 0 heterocycles. The van der Waals surface area contributed by atoms with Gasteiger partial charge in [-0.25, -0.2) is 10.0 Å². The molecule has 0 fully saturated rings. The number of hydrogen-bond acceptors (Lipinski definition) is 0. The van der Waals surface area contributed by atoms with E-state index < -0.39 is 10.0 Å². The molecule has 18 heavy (non-hydrogen) atoms. The summed E-state index contributed by atoms with van der Waals surface area (Å²) in [7, 11) is -0.131. The van der Waals surface area contributed by atoms with Gasteiger partial charge in [-0.05, 0) is 59.8 Å². The molecule has 1 rings (SSSR count). The van der Waals surface area contributed by atoms with Crippen LogP contribution in [0.5, 0.6) is 0 Å². The summed E-state index contributed by atoms with van der Waals surface area (Å²) in [6.07, 6.45) is 11.0. The summed E-state index contributed by atoms with van der Waals surface area (Å²) in [4.78, 5) is 0. The Hall–Kier alpha value is 0.210. The molecular weight excluding hydrogens is 280 g/mol. The maximum absolute atomic E-state index is 5.81. The molecule has 0 radical (unpaired) electrons. The number of benzene rings is 1. The first-order valence-electron chi connectivity index (χ1n) is 6.40. The van der Waals surface area contributed by atoms with Crippen LogP contribution in [0.25, 0.3) is 0 Å². The van der Waals surface area contributed by atoms with E-state index in [0.717, 1.165) is 0 Å². The third-order valence-corrected chi connectivity index (χ3v) is 7.56. The zero-order valence-electron chi connectivity index (χ0n) is 12.1. The highest BCUT2D eigenvalue weighted by Crippen LogP contribution is 2.41. The Bertz CT molecular complexity index is 344. The van der Waals surface area contributed by atoms with Crippen molar-refractivity contribution in [3.8, 4) is 0 Å². The van der Waals surface area contributed by atoms with Gasteiger partial charge in [0.2, 0.25) is 0 Å². The highest BCUT2D eigenvalue weighted by atomic mass is 35.5. The minimum atomic E-state index is -0.400. The Balaban J connectivity index is 2.42. The van der Waals surface area contributed by atoms with Crippen LogP contribution in [-0.4, -0.2) is 42.3 Å². The Kier molecular flexibility index (Phi) is 6.97. The van der Waals surface area contributed by atoms with Crippen LogP contribution in [0.1, 0.15) is 11.1 Å². The Labute approximate surface area is 122 Å². The van der Waals surface area contributed by atoms with Gasteiger partial charge in [0.1, 0.15) is 0 Å². The molecule has 0 aromatic heterocycles. The maximum Gasteiger partial charge on any atom is 0.0474 e. The first-order chi connectivity index (χ1) is 8.43. The van der Waals surface area contributed by atoms with Crippen LogP contribution in [0.15, 0.2) is 24.3 Å². The van der Waals surface area contributed by atoms with Gasteiger partial charge in [-0.2, -0.15) is 0 Å². The van der Waals surface area contributed by atoms with Crippen molar-refractivity contribution >= 4 is 32.5 Å². The van der Waals surface area contributed by atoms with E-state index in [1.807, 2.05) is 0 Å². The second kappa shape index (κ2) is 7.72. The van der Waals surface area contributed by atoms with E-state index >= 15 is 0 Å². The van der Waals surface area contributed by atoms with Crippen LogP contribution in [-0.2, 0) is 12.3 Å². The Morgan fingerprint density at radius 3 is 2.06 bits per heavy atom. The van der Waals surface area contributed by atoms with Gasteiger partial charge >= 0.3 is 0 Å². The number of thiol groups is 1. The number of aryl methyl sites for hydroxylation is 1. The number of hydrogen-bond donors (Lipinski definition) is 1. The van der Waals surface area contributed by atoms with Crippen molar-refractivity contribution in [2.24, 2.45) is 0 Å². The quantitative estimate of drug-likeness (QED) is 0.564. The van der Waals surface area contributed by atoms with Gasteiger partial charge in [0, 0.05) is 5.88 Å². The summed E-state index contributed by atoms with van der Waals surface area (Å²) in [6, 6.07) is 8.78. The fourth-order valence-electron chi connectivity index (χ4n) is 1.72. The number of alkyl halides is 1. The molecule has 3 heteroatoms. The van der Waals surface area contributed by atoms with Gasteiger partial charge in [0.15, 0.2) is 0 Å². The minimum Gasteiger partial charge on any atom is -0.258 e. The summed E-state index contributed by atoms with van der Waals surface area (Å²) < 4.78 is 0. The first kappa shape index (κ1) is 16.3. The Morgan fingerprint density at radius 2 is 1.56 bits per heavy atom. The monoisotopic (exact) mass is 306 g/mol. The molecule has 1 aromatic carbocycles. The van der Waals surface area contributed by atoms with E-state index in [2.05, 4.69) is 49.3 Å². The predicted molar refractivity (Wildman–Crippen MR) is 94.6 cm³/mol. The van der Waals surface area contributed by atoms with E-state index in [4.69, 9.17) is 11.6 Å². The van der Waals surface area contributed by atoms with Gasteiger partial charge in [0.05, 0.1) is 0 Å². The summed E-state index contributed by atoms with van der Waals surface area (Å²) >= 11 is 5.81. The number of halogens is 1. The zero-order valence-corrected chi connectivity index (χ0v) is 14.5. The normalized spacial score (nSPS) is 13.5. The van der Waals surface area contributed by atoms with Crippen molar-refractivity contribution < 1.29 is 0 Å². The molecule has 0 saturated heterocycles. The molecule has 0 bridgehead atoms. The smallest absolute Gasteiger partial charge is 0.0474 e. The van der Waals surface area contributed by atoms with Gasteiger partial charge in [-0.3, -0.25) is 10.9 Å². The highest BCUT2D eigenvalue weighted by molar-refractivity contribution is 8.33. The predicted octanol–water partition coefficient (Wildman–Crippen LogP) is 4.29. The van der Waals surface area contributed by atoms with Gasteiger partial charge in [-0.15, -0.1) is 11.6 Å². The van der Waals surface area contributed by atoms with Crippen molar-refractivity contribution in [2.45, 2.75) is 12.3 Å². The van der Waals surface area contributed by atoms with E-state index in [1.54, 1.807) is 0 Å². The van der Waals surface area contributed by atoms with Crippen LogP contribution in [0.2, 0.25) is 0 Å². The third-order valence-electron chi connectivity index (χ3n) is 3.21. The molecule has 0 aliphatic rings. The highest BCUT2D eigenvalue weighted by Gasteiger charge is 2.11. The second-order valence-electron chi connectivity index (χ2n) is 5.68. The van der Waals surface area contributed by atoms with Crippen molar-refractivity contribution in [2.75, 3.05) is 42.3 Å². The molecule has 1 aromatic rings. The average Bonchev–Trinajstić information content (AvgIpc) is 2.35. The summed E-state index contributed by atoms with van der Waals surface area (Å²) in [6.45, 7) is 0. The van der Waals surface area contributed by atoms with Gasteiger partial charge in [0.25, 0.3) is 0 Å². The molecule has 0 spiro atoms. The van der Waals surface area contributed by atoms with Crippen LogP contribution >= 0.6 is 32.5 Å². The van der Waals surface area contributed by atoms with E-state index in [9.17, 15) is 0 Å². The lowest BCUT2D eigenvalue weighted by molar-refractivity contribution is 1.14. The molecule has 0 aliphatic carbocycles.